The number of Topliss-reactive ketones (excluding diaryl/α,β-unsaturated/α-hetero) is 1. The number of fused-ring (bicyclic) bond motifs is 2. The average Bonchev–Trinajstić information content (AvgIpc) is 3.29. The van der Waals surface area contributed by atoms with Crippen molar-refractivity contribution in [2.24, 2.45) is 0 Å². The smallest absolute Gasteiger partial charge is 0.291 e. The molecule has 0 radical (unpaired) electrons. The second kappa shape index (κ2) is 7.60. The minimum Gasteiger partial charge on any atom is -0.291 e. The Morgan fingerprint density at radius 3 is 2.77 bits per heavy atom. The van der Waals surface area contributed by atoms with E-state index in [-0.39, 0.29) is 11.8 Å². The molecule has 1 amide bonds. The number of aromatic nitrogens is 1. The zero-order valence-corrected chi connectivity index (χ0v) is 18.1. The summed E-state index contributed by atoms with van der Waals surface area (Å²) >= 11 is 1.73. The van der Waals surface area contributed by atoms with Gasteiger partial charge in [0.2, 0.25) is 0 Å². The first kappa shape index (κ1) is 19.4. The third kappa shape index (κ3) is 3.24. The van der Waals surface area contributed by atoms with Crippen LogP contribution in [0.3, 0.4) is 0 Å². The second-order valence-corrected chi connectivity index (χ2v) is 9.54. The molecule has 5 nitrogen and oxygen atoms in total. The lowest BCUT2D eigenvalue weighted by Crippen LogP contribution is -2.44. The van der Waals surface area contributed by atoms with E-state index in [4.69, 9.17) is 4.98 Å². The van der Waals surface area contributed by atoms with E-state index in [2.05, 4.69) is 24.8 Å². The average molecular weight is 420 g/mol. The summed E-state index contributed by atoms with van der Waals surface area (Å²) in [6.07, 6.45) is 3.27. The van der Waals surface area contributed by atoms with Crippen molar-refractivity contribution in [3.8, 4) is 0 Å². The first-order chi connectivity index (χ1) is 14.5. The number of piperidine rings is 1. The van der Waals surface area contributed by atoms with Crippen LogP contribution in [0.15, 0.2) is 42.5 Å². The minimum atomic E-state index is -0.417. The summed E-state index contributed by atoms with van der Waals surface area (Å²) in [6.45, 7) is 5.52. The summed E-state index contributed by atoms with van der Waals surface area (Å²) in [5.74, 6) is -0.488. The molecule has 3 heterocycles. The number of benzene rings is 2. The van der Waals surface area contributed by atoms with Crippen LogP contribution in [0, 0.1) is 0 Å². The van der Waals surface area contributed by atoms with Gasteiger partial charge in [0.25, 0.3) is 5.78 Å². The first-order valence-electron chi connectivity index (χ1n) is 10.6. The Kier molecular flexibility index (Phi) is 4.91. The van der Waals surface area contributed by atoms with Crippen LogP contribution in [0.5, 0.6) is 0 Å². The number of para-hydroxylation sites is 1. The Morgan fingerprint density at radius 2 is 1.97 bits per heavy atom. The topological polar surface area (TPSA) is 53.5 Å². The van der Waals surface area contributed by atoms with Gasteiger partial charge in [-0.3, -0.25) is 19.4 Å². The van der Waals surface area contributed by atoms with Gasteiger partial charge in [-0.25, -0.2) is 4.98 Å². The van der Waals surface area contributed by atoms with Crippen molar-refractivity contribution in [3.05, 3.63) is 58.6 Å². The van der Waals surface area contributed by atoms with Crippen molar-refractivity contribution < 1.29 is 9.59 Å². The van der Waals surface area contributed by atoms with Gasteiger partial charge in [0.05, 0.1) is 34.2 Å². The maximum absolute atomic E-state index is 12.8. The van der Waals surface area contributed by atoms with Crippen molar-refractivity contribution >= 4 is 38.9 Å². The molecule has 1 atom stereocenters. The monoisotopic (exact) mass is 419 g/mol. The zero-order valence-electron chi connectivity index (χ0n) is 17.3. The van der Waals surface area contributed by atoms with E-state index in [9.17, 15) is 9.59 Å². The van der Waals surface area contributed by atoms with E-state index >= 15 is 0 Å². The van der Waals surface area contributed by atoms with Gasteiger partial charge in [-0.2, -0.15) is 0 Å². The molecule has 2 aliphatic rings. The fourth-order valence-electron chi connectivity index (χ4n) is 4.47. The lowest BCUT2D eigenvalue weighted by molar-refractivity contribution is -0.114. The standard InChI is InChI=1S/C24H25N3O2S/c1-15(2)16-10-11-19-17(13-16)22(28)24(29)27(19)14-26-12-6-5-8-20(26)23-25-18-7-3-4-9-21(18)30-23/h3-4,7,9-11,13,15,20H,5-6,8,12,14H2,1-2H3/t20-/m1/s1. The number of carbonyl (C=O) groups is 2. The number of nitrogens with zero attached hydrogens (tertiary/aromatic N) is 3. The molecule has 0 aliphatic carbocycles. The Labute approximate surface area is 180 Å². The summed E-state index contributed by atoms with van der Waals surface area (Å²) in [5.41, 5.74) is 3.40. The Hall–Kier alpha value is -2.57. The van der Waals surface area contributed by atoms with E-state index in [1.165, 1.54) is 4.70 Å². The number of hydrogen-bond acceptors (Lipinski definition) is 5. The van der Waals surface area contributed by atoms with Crippen molar-refractivity contribution in [2.45, 2.75) is 45.1 Å². The SMILES string of the molecule is CC(C)c1ccc2c(c1)C(=O)C(=O)N2CN1CCCC[C@@H]1c1nc2ccccc2s1. The van der Waals surface area contributed by atoms with Gasteiger partial charge in [0, 0.05) is 6.54 Å². The number of likely N-dealkylation sites (tertiary alicyclic amines) is 1. The lowest BCUT2D eigenvalue weighted by Gasteiger charge is -2.36. The van der Waals surface area contributed by atoms with Gasteiger partial charge in [0.15, 0.2) is 0 Å². The quantitative estimate of drug-likeness (QED) is 0.550. The normalized spacial score (nSPS) is 19.8. The van der Waals surface area contributed by atoms with Crippen molar-refractivity contribution in [2.75, 3.05) is 18.1 Å². The molecule has 6 heteroatoms. The van der Waals surface area contributed by atoms with E-state index in [0.29, 0.717) is 18.2 Å². The highest BCUT2D eigenvalue weighted by molar-refractivity contribution is 7.18. The van der Waals surface area contributed by atoms with Gasteiger partial charge < -0.3 is 0 Å². The number of hydrogen-bond donors (Lipinski definition) is 0. The van der Waals surface area contributed by atoms with Crippen LogP contribution in [0.1, 0.15) is 66.0 Å². The van der Waals surface area contributed by atoms with Crippen molar-refractivity contribution in [1.82, 2.24) is 9.88 Å². The molecule has 2 aliphatic heterocycles. The molecule has 5 rings (SSSR count). The highest BCUT2D eigenvalue weighted by Crippen LogP contribution is 2.38. The van der Waals surface area contributed by atoms with Crippen LogP contribution in [-0.2, 0) is 4.79 Å². The minimum absolute atomic E-state index is 0.179. The van der Waals surface area contributed by atoms with Crippen molar-refractivity contribution in [3.63, 3.8) is 0 Å². The highest BCUT2D eigenvalue weighted by Gasteiger charge is 2.38. The molecule has 0 bridgehead atoms. The molecule has 30 heavy (non-hydrogen) atoms. The number of amides is 1. The summed E-state index contributed by atoms with van der Waals surface area (Å²) in [5, 5.41) is 1.10. The predicted molar refractivity (Wildman–Crippen MR) is 120 cm³/mol. The largest absolute Gasteiger partial charge is 0.300 e. The third-order valence-electron chi connectivity index (χ3n) is 6.19. The summed E-state index contributed by atoms with van der Waals surface area (Å²) < 4.78 is 1.19. The maximum Gasteiger partial charge on any atom is 0.300 e. The fraction of sp³-hybridized carbons (Fsp3) is 0.375. The molecule has 2 aromatic carbocycles. The Bertz CT molecular complexity index is 1100. The number of thiazole rings is 1. The molecule has 0 saturated carbocycles. The molecule has 0 spiro atoms. The number of anilines is 1. The van der Waals surface area contributed by atoms with Crippen molar-refractivity contribution in [1.29, 1.82) is 0 Å². The molecule has 1 saturated heterocycles. The van der Waals surface area contributed by atoms with Crippen LogP contribution < -0.4 is 4.90 Å². The van der Waals surface area contributed by atoms with Gasteiger partial charge in [-0.05, 0) is 48.6 Å². The second-order valence-electron chi connectivity index (χ2n) is 8.48. The summed E-state index contributed by atoms with van der Waals surface area (Å²) in [6, 6.07) is 14.2. The van der Waals surface area contributed by atoms with Crippen LogP contribution in [0.2, 0.25) is 0 Å². The van der Waals surface area contributed by atoms with Gasteiger partial charge in [-0.1, -0.05) is 38.5 Å². The van der Waals surface area contributed by atoms with Crippen LogP contribution in [0.4, 0.5) is 5.69 Å². The van der Waals surface area contributed by atoms with Gasteiger partial charge >= 0.3 is 5.91 Å². The fourth-order valence-corrected chi connectivity index (χ4v) is 5.61. The molecule has 1 fully saturated rings. The van der Waals surface area contributed by atoms with Gasteiger partial charge in [0.1, 0.15) is 5.01 Å². The van der Waals surface area contributed by atoms with E-state index in [1.54, 1.807) is 16.2 Å². The summed E-state index contributed by atoms with van der Waals surface area (Å²) in [7, 11) is 0. The third-order valence-corrected chi connectivity index (χ3v) is 7.33. The number of carbonyl (C=O) groups excluding carboxylic acids is 2. The van der Waals surface area contributed by atoms with Crippen LogP contribution in [-0.4, -0.2) is 34.8 Å². The zero-order chi connectivity index (χ0) is 20.8. The van der Waals surface area contributed by atoms with Crippen LogP contribution in [0.25, 0.3) is 10.2 Å². The van der Waals surface area contributed by atoms with E-state index in [1.807, 2.05) is 36.4 Å². The molecule has 1 aromatic heterocycles. The molecule has 3 aromatic rings. The molecule has 154 valence electrons. The molecular weight excluding hydrogens is 394 g/mol. The van der Waals surface area contributed by atoms with E-state index < -0.39 is 5.91 Å². The molecule has 0 unspecified atom stereocenters. The first-order valence-corrected chi connectivity index (χ1v) is 11.4. The van der Waals surface area contributed by atoms with Gasteiger partial charge in [-0.15, -0.1) is 11.3 Å². The highest BCUT2D eigenvalue weighted by atomic mass is 32.1. The Balaban J connectivity index is 1.45. The van der Waals surface area contributed by atoms with E-state index in [0.717, 1.165) is 47.6 Å². The lowest BCUT2D eigenvalue weighted by atomic mass is 9.99. The van der Waals surface area contributed by atoms with Crippen LogP contribution >= 0.6 is 11.3 Å². The Morgan fingerprint density at radius 1 is 1.13 bits per heavy atom. The number of ketones is 1. The summed E-state index contributed by atoms with van der Waals surface area (Å²) in [4.78, 5) is 34.4. The predicted octanol–water partition coefficient (Wildman–Crippen LogP) is 5.13. The molecule has 0 N–H and O–H groups in total. The molecular formula is C24H25N3O2S. The number of rotatable bonds is 4. The maximum atomic E-state index is 12.8.